The Bertz CT molecular complexity index is 367. The Hall–Kier alpha value is -1.09. The maximum absolute atomic E-state index is 13.8. The van der Waals surface area contributed by atoms with E-state index >= 15 is 0 Å². The molecule has 0 aliphatic carbocycles. The minimum absolute atomic E-state index is 0.104. The zero-order valence-corrected chi connectivity index (χ0v) is 9.62. The highest BCUT2D eigenvalue weighted by Crippen LogP contribution is 2.27. The van der Waals surface area contributed by atoms with Gasteiger partial charge in [0.1, 0.15) is 5.82 Å². The molecule has 1 N–H and O–H groups in total. The molecule has 2 nitrogen and oxygen atoms in total. The number of aliphatic hydroxyl groups is 1. The van der Waals surface area contributed by atoms with Gasteiger partial charge in [-0.2, -0.15) is 0 Å². The topological polar surface area (TPSA) is 23.5 Å². The summed E-state index contributed by atoms with van der Waals surface area (Å²) in [7, 11) is 0. The predicted molar refractivity (Wildman–Crippen MR) is 63.0 cm³/mol. The molecular formula is C13H18FNO. The summed E-state index contributed by atoms with van der Waals surface area (Å²) in [5.41, 5.74) is 1.30. The third-order valence-electron chi connectivity index (χ3n) is 3.31. The molecule has 0 radical (unpaired) electrons. The summed E-state index contributed by atoms with van der Waals surface area (Å²) in [6, 6.07) is 5.40. The van der Waals surface area contributed by atoms with Gasteiger partial charge in [0, 0.05) is 12.6 Å². The van der Waals surface area contributed by atoms with E-state index in [4.69, 9.17) is 5.11 Å². The van der Waals surface area contributed by atoms with Crippen LogP contribution in [0.2, 0.25) is 0 Å². The van der Waals surface area contributed by atoms with E-state index in [1.54, 1.807) is 12.1 Å². The molecule has 1 aliphatic heterocycles. The number of piperidine rings is 1. The molecule has 1 saturated heterocycles. The van der Waals surface area contributed by atoms with Gasteiger partial charge >= 0.3 is 0 Å². The molecule has 1 unspecified atom stereocenters. The fraction of sp³-hybridized carbons (Fsp3) is 0.538. The number of nitrogens with zero attached hydrogens (tertiary/aromatic N) is 1. The van der Waals surface area contributed by atoms with Crippen LogP contribution in [0.4, 0.5) is 10.1 Å². The lowest BCUT2D eigenvalue weighted by Gasteiger charge is -2.35. The van der Waals surface area contributed by atoms with Crippen LogP contribution in [0.15, 0.2) is 18.2 Å². The zero-order chi connectivity index (χ0) is 11.5. The van der Waals surface area contributed by atoms with Crippen molar-refractivity contribution in [2.75, 3.05) is 11.4 Å². The minimum atomic E-state index is -0.222. The van der Waals surface area contributed by atoms with Crippen molar-refractivity contribution in [1.29, 1.82) is 0 Å². The first kappa shape index (κ1) is 11.4. The van der Waals surface area contributed by atoms with Crippen molar-refractivity contribution in [3.63, 3.8) is 0 Å². The van der Waals surface area contributed by atoms with E-state index in [1.165, 1.54) is 12.5 Å². The van der Waals surface area contributed by atoms with Gasteiger partial charge in [-0.3, -0.25) is 0 Å². The minimum Gasteiger partial charge on any atom is -0.392 e. The van der Waals surface area contributed by atoms with E-state index < -0.39 is 0 Å². The molecule has 1 atom stereocenters. The molecule has 0 bridgehead atoms. The van der Waals surface area contributed by atoms with Crippen molar-refractivity contribution in [2.45, 2.75) is 38.8 Å². The van der Waals surface area contributed by atoms with Crippen molar-refractivity contribution < 1.29 is 9.50 Å². The second kappa shape index (κ2) is 4.83. The highest BCUT2D eigenvalue weighted by atomic mass is 19.1. The molecule has 1 heterocycles. The summed E-state index contributed by atoms with van der Waals surface area (Å²) < 4.78 is 13.8. The Kier molecular flexibility index (Phi) is 3.44. The fourth-order valence-corrected chi connectivity index (χ4v) is 2.34. The molecule has 3 heteroatoms. The molecular weight excluding hydrogens is 205 g/mol. The molecule has 0 saturated carbocycles. The van der Waals surface area contributed by atoms with Gasteiger partial charge in [-0.05, 0) is 43.9 Å². The smallest absolute Gasteiger partial charge is 0.146 e. The van der Waals surface area contributed by atoms with Crippen LogP contribution < -0.4 is 4.90 Å². The quantitative estimate of drug-likeness (QED) is 0.833. The van der Waals surface area contributed by atoms with Crippen molar-refractivity contribution in [2.24, 2.45) is 0 Å². The SMILES string of the molecule is CC1CCCCN1c1ccc(CO)cc1F. The maximum atomic E-state index is 13.8. The van der Waals surface area contributed by atoms with Gasteiger partial charge in [-0.1, -0.05) is 6.07 Å². The van der Waals surface area contributed by atoms with Crippen LogP contribution in [0.3, 0.4) is 0 Å². The third-order valence-corrected chi connectivity index (χ3v) is 3.31. The molecule has 0 amide bonds. The van der Waals surface area contributed by atoms with Crippen molar-refractivity contribution in [3.05, 3.63) is 29.6 Å². The second-order valence-electron chi connectivity index (χ2n) is 4.48. The summed E-state index contributed by atoms with van der Waals surface area (Å²) in [4.78, 5) is 2.12. The number of hydrogen-bond donors (Lipinski definition) is 1. The van der Waals surface area contributed by atoms with Crippen molar-refractivity contribution in [1.82, 2.24) is 0 Å². The molecule has 1 aromatic carbocycles. The van der Waals surface area contributed by atoms with Crippen LogP contribution in [0, 0.1) is 5.82 Å². The molecule has 0 aromatic heterocycles. The Morgan fingerprint density at radius 3 is 2.88 bits per heavy atom. The Balaban J connectivity index is 2.25. The van der Waals surface area contributed by atoms with E-state index in [9.17, 15) is 4.39 Å². The van der Waals surface area contributed by atoms with Gasteiger partial charge < -0.3 is 10.0 Å². The first-order valence-electron chi connectivity index (χ1n) is 5.88. The summed E-state index contributed by atoms with van der Waals surface area (Å²) >= 11 is 0. The Labute approximate surface area is 95.7 Å². The summed E-state index contributed by atoms with van der Waals surface area (Å²) in [5.74, 6) is -0.222. The second-order valence-corrected chi connectivity index (χ2v) is 4.48. The van der Waals surface area contributed by atoms with Crippen molar-refractivity contribution in [3.8, 4) is 0 Å². The lowest BCUT2D eigenvalue weighted by molar-refractivity contribution is 0.281. The van der Waals surface area contributed by atoms with Gasteiger partial charge in [0.15, 0.2) is 0 Å². The fourth-order valence-electron chi connectivity index (χ4n) is 2.34. The van der Waals surface area contributed by atoms with E-state index in [-0.39, 0.29) is 12.4 Å². The largest absolute Gasteiger partial charge is 0.392 e. The van der Waals surface area contributed by atoms with Crippen LogP contribution in [-0.2, 0) is 6.61 Å². The highest BCUT2D eigenvalue weighted by Gasteiger charge is 2.20. The lowest BCUT2D eigenvalue weighted by Crippen LogP contribution is -2.37. The monoisotopic (exact) mass is 223 g/mol. The third kappa shape index (κ3) is 2.19. The van der Waals surface area contributed by atoms with E-state index in [1.807, 2.05) is 0 Å². The summed E-state index contributed by atoms with van der Waals surface area (Å²) in [6.07, 6.45) is 3.49. The van der Waals surface area contributed by atoms with Crippen LogP contribution in [-0.4, -0.2) is 17.7 Å². The molecule has 1 fully saturated rings. The van der Waals surface area contributed by atoms with Gasteiger partial charge in [0.25, 0.3) is 0 Å². The predicted octanol–water partition coefficient (Wildman–Crippen LogP) is 2.70. The molecule has 88 valence electrons. The maximum Gasteiger partial charge on any atom is 0.146 e. The van der Waals surface area contributed by atoms with E-state index in [0.29, 0.717) is 17.3 Å². The Morgan fingerprint density at radius 1 is 1.44 bits per heavy atom. The number of anilines is 1. The lowest BCUT2D eigenvalue weighted by atomic mass is 10.0. The molecule has 1 aromatic rings. The van der Waals surface area contributed by atoms with Gasteiger partial charge in [0.2, 0.25) is 0 Å². The number of hydrogen-bond acceptors (Lipinski definition) is 2. The van der Waals surface area contributed by atoms with Crippen LogP contribution in [0.1, 0.15) is 31.7 Å². The number of halogens is 1. The van der Waals surface area contributed by atoms with Crippen LogP contribution in [0.5, 0.6) is 0 Å². The molecule has 16 heavy (non-hydrogen) atoms. The average molecular weight is 223 g/mol. The number of rotatable bonds is 2. The summed E-state index contributed by atoms with van der Waals surface area (Å²) in [6.45, 7) is 2.96. The normalized spacial score (nSPS) is 21.2. The van der Waals surface area contributed by atoms with E-state index in [0.717, 1.165) is 19.4 Å². The number of aliphatic hydroxyl groups excluding tert-OH is 1. The summed E-state index contributed by atoms with van der Waals surface area (Å²) in [5, 5.41) is 8.93. The van der Waals surface area contributed by atoms with Crippen molar-refractivity contribution >= 4 is 5.69 Å². The Morgan fingerprint density at radius 2 is 2.25 bits per heavy atom. The van der Waals surface area contributed by atoms with Crippen LogP contribution in [0.25, 0.3) is 0 Å². The molecule has 0 spiro atoms. The highest BCUT2D eigenvalue weighted by molar-refractivity contribution is 5.50. The van der Waals surface area contributed by atoms with Crippen LogP contribution >= 0.6 is 0 Å². The molecule has 1 aliphatic rings. The van der Waals surface area contributed by atoms with E-state index in [2.05, 4.69) is 11.8 Å². The first-order chi connectivity index (χ1) is 7.72. The van der Waals surface area contributed by atoms with Gasteiger partial charge in [-0.15, -0.1) is 0 Å². The number of benzene rings is 1. The average Bonchev–Trinajstić information content (AvgIpc) is 2.30. The molecule has 2 rings (SSSR count). The van der Waals surface area contributed by atoms with Gasteiger partial charge in [0.05, 0.1) is 12.3 Å². The standard InChI is InChI=1S/C13H18FNO/c1-10-4-2-3-7-15(10)13-6-5-11(9-16)8-12(13)14/h5-6,8,10,16H,2-4,7,9H2,1H3. The zero-order valence-electron chi connectivity index (χ0n) is 9.62. The van der Waals surface area contributed by atoms with Gasteiger partial charge in [-0.25, -0.2) is 4.39 Å². The first-order valence-corrected chi connectivity index (χ1v) is 5.88.